The first-order chi connectivity index (χ1) is 11.2. The van der Waals surface area contributed by atoms with E-state index in [0.29, 0.717) is 17.3 Å². The van der Waals surface area contributed by atoms with Gasteiger partial charge in [-0.25, -0.2) is 9.78 Å². The number of aromatic nitrogens is 3. The monoisotopic (exact) mass is 309 g/mol. The molecule has 7 nitrogen and oxygen atoms in total. The Morgan fingerprint density at radius 3 is 2.96 bits per heavy atom. The number of carbonyl (C=O) groups is 1. The average molecular weight is 309 g/mol. The lowest BCUT2D eigenvalue weighted by atomic mass is 10.3. The minimum atomic E-state index is -0.609. The second kappa shape index (κ2) is 5.13. The van der Waals surface area contributed by atoms with Gasteiger partial charge in [0.25, 0.3) is 0 Å². The van der Waals surface area contributed by atoms with E-state index < -0.39 is 5.97 Å². The topological polar surface area (TPSA) is 83.3 Å². The highest BCUT2D eigenvalue weighted by atomic mass is 16.5. The van der Waals surface area contributed by atoms with E-state index in [0.717, 1.165) is 11.0 Å². The number of esters is 1. The summed E-state index contributed by atoms with van der Waals surface area (Å²) in [6.07, 6.45) is 3.21. The molecule has 0 saturated heterocycles. The zero-order valence-electron chi connectivity index (χ0n) is 12.1. The van der Waals surface area contributed by atoms with Crippen molar-refractivity contribution < 1.29 is 18.5 Å². The molecule has 3 heterocycles. The van der Waals surface area contributed by atoms with Gasteiger partial charge in [0.2, 0.25) is 5.76 Å². The van der Waals surface area contributed by atoms with Gasteiger partial charge in [-0.05, 0) is 24.3 Å². The molecular weight excluding hydrogens is 298 g/mol. The maximum Gasteiger partial charge on any atom is 0.365 e. The molecule has 3 aromatic heterocycles. The molecule has 23 heavy (non-hydrogen) atoms. The number of hydrogen-bond acceptors (Lipinski definition) is 6. The van der Waals surface area contributed by atoms with E-state index in [2.05, 4.69) is 10.1 Å². The number of carbonyl (C=O) groups excluding carboxylic acids is 1. The van der Waals surface area contributed by atoms with Gasteiger partial charge in [0.1, 0.15) is 5.75 Å². The van der Waals surface area contributed by atoms with E-state index in [-0.39, 0.29) is 5.69 Å². The third-order valence-corrected chi connectivity index (χ3v) is 3.39. The number of aryl methyl sites for hydroxylation is 1. The number of imidazole rings is 1. The van der Waals surface area contributed by atoms with Crippen LogP contribution in [0.3, 0.4) is 0 Å². The third-order valence-electron chi connectivity index (χ3n) is 3.39. The van der Waals surface area contributed by atoms with Gasteiger partial charge in [0, 0.05) is 19.2 Å². The number of furan rings is 1. The van der Waals surface area contributed by atoms with Gasteiger partial charge in [0.05, 0.1) is 23.6 Å². The number of ether oxygens (including phenoxy) is 1. The zero-order chi connectivity index (χ0) is 15.8. The van der Waals surface area contributed by atoms with Crippen molar-refractivity contribution in [3.63, 3.8) is 0 Å². The van der Waals surface area contributed by atoms with E-state index in [1.165, 1.54) is 12.3 Å². The normalized spacial score (nSPS) is 11.0. The van der Waals surface area contributed by atoms with Gasteiger partial charge in [0.15, 0.2) is 11.5 Å². The number of nitrogens with zero attached hydrogens (tertiary/aromatic N) is 3. The van der Waals surface area contributed by atoms with Crippen LogP contribution in [0, 0.1) is 0 Å². The Balaban J connectivity index is 1.57. The maximum atomic E-state index is 12.1. The molecule has 0 aliphatic heterocycles. The highest BCUT2D eigenvalue weighted by molar-refractivity contribution is 5.90. The Hall–Kier alpha value is -3.35. The molecule has 4 aromatic rings. The van der Waals surface area contributed by atoms with Gasteiger partial charge >= 0.3 is 5.97 Å². The summed E-state index contributed by atoms with van der Waals surface area (Å²) in [6, 6.07) is 10.1. The van der Waals surface area contributed by atoms with E-state index in [1.54, 1.807) is 30.6 Å². The Morgan fingerprint density at radius 1 is 1.22 bits per heavy atom. The van der Waals surface area contributed by atoms with E-state index in [9.17, 15) is 4.79 Å². The first kappa shape index (κ1) is 13.3. The number of benzene rings is 1. The van der Waals surface area contributed by atoms with Crippen LogP contribution < -0.4 is 4.74 Å². The van der Waals surface area contributed by atoms with Crippen LogP contribution in [0.15, 0.2) is 57.9 Å². The largest absolute Gasteiger partial charge is 0.461 e. The fourth-order valence-electron chi connectivity index (χ4n) is 2.25. The van der Waals surface area contributed by atoms with Crippen LogP contribution in [-0.2, 0) is 7.05 Å². The van der Waals surface area contributed by atoms with Crippen molar-refractivity contribution in [2.75, 3.05) is 0 Å². The molecule has 1 aromatic carbocycles. The lowest BCUT2D eigenvalue weighted by Crippen LogP contribution is -2.08. The Kier molecular flexibility index (Phi) is 2.97. The first-order valence-electron chi connectivity index (χ1n) is 6.84. The van der Waals surface area contributed by atoms with Crippen LogP contribution in [-0.4, -0.2) is 20.7 Å². The first-order valence-corrected chi connectivity index (χ1v) is 6.84. The summed E-state index contributed by atoms with van der Waals surface area (Å²) in [5, 5.41) is 3.71. The van der Waals surface area contributed by atoms with E-state index in [4.69, 9.17) is 13.7 Å². The summed E-state index contributed by atoms with van der Waals surface area (Å²) >= 11 is 0. The summed E-state index contributed by atoms with van der Waals surface area (Å²) in [4.78, 5) is 16.4. The van der Waals surface area contributed by atoms with Crippen LogP contribution in [0.5, 0.6) is 5.75 Å². The smallest absolute Gasteiger partial charge is 0.365 e. The van der Waals surface area contributed by atoms with Crippen LogP contribution in [0.25, 0.3) is 22.6 Å². The van der Waals surface area contributed by atoms with Crippen LogP contribution >= 0.6 is 0 Å². The molecule has 0 amide bonds. The lowest BCUT2D eigenvalue weighted by Gasteiger charge is -2.02. The SMILES string of the molecule is Cn1cnc2cc(OC(=O)c3cc(-c4ccco4)on3)ccc21. The molecule has 0 atom stereocenters. The molecule has 0 N–H and O–H groups in total. The van der Waals surface area contributed by atoms with Gasteiger partial charge in [-0.2, -0.15) is 0 Å². The molecule has 0 spiro atoms. The maximum absolute atomic E-state index is 12.1. The fraction of sp³-hybridized carbons (Fsp3) is 0.0625. The van der Waals surface area contributed by atoms with E-state index in [1.807, 2.05) is 17.7 Å². The standard InChI is InChI=1S/C16H11N3O4/c1-19-9-17-11-7-10(4-5-13(11)19)22-16(20)12-8-15(23-18-12)14-3-2-6-21-14/h2-9H,1H3. The Labute approximate surface area is 130 Å². The molecule has 0 aliphatic carbocycles. The fourth-order valence-corrected chi connectivity index (χ4v) is 2.25. The van der Waals surface area contributed by atoms with Crippen molar-refractivity contribution in [2.45, 2.75) is 0 Å². The highest BCUT2D eigenvalue weighted by Crippen LogP contribution is 2.23. The molecule has 0 bridgehead atoms. The molecule has 7 heteroatoms. The van der Waals surface area contributed by atoms with Gasteiger partial charge in [-0.1, -0.05) is 5.16 Å². The van der Waals surface area contributed by atoms with Crippen molar-refractivity contribution in [3.05, 3.63) is 54.7 Å². The Morgan fingerprint density at radius 2 is 2.13 bits per heavy atom. The molecule has 4 rings (SSSR count). The molecule has 0 radical (unpaired) electrons. The number of rotatable bonds is 3. The van der Waals surface area contributed by atoms with Crippen molar-refractivity contribution >= 4 is 17.0 Å². The summed E-state index contributed by atoms with van der Waals surface area (Å²) in [6.45, 7) is 0. The third kappa shape index (κ3) is 2.38. The van der Waals surface area contributed by atoms with Crippen molar-refractivity contribution in [3.8, 4) is 17.3 Å². The van der Waals surface area contributed by atoms with Crippen LogP contribution in [0.2, 0.25) is 0 Å². The predicted molar refractivity (Wildman–Crippen MR) is 79.9 cm³/mol. The minimum absolute atomic E-state index is 0.0671. The van der Waals surface area contributed by atoms with Crippen molar-refractivity contribution in [1.29, 1.82) is 0 Å². The van der Waals surface area contributed by atoms with Gasteiger partial charge in [-0.15, -0.1) is 0 Å². The van der Waals surface area contributed by atoms with Crippen molar-refractivity contribution in [2.24, 2.45) is 7.05 Å². The quantitative estimate of drug-likeness (QED) is 0.427. The molecule has 0 saturated carbocycles. The number of hydrogen-bond donors (Lipinski definition) is 0. The number of fused-ring (bicyclic) bond motifs is 1. The van der Waals surface area contributed by atoms with Crippen LogP contribution in [0.1, 0.15) is 10.5 Å². The summed E-state index contributed by atoms with van der Waals surface area (Å²) in [5.74, 6) is 0.638. The van der Waals surface area contributed by atoms with E-state index >= 15 is 0 Å². The minimum Gasteiger partial charge on any atom is -0.461 e. The Bertz CT molecular complexity index is 982. The second-order valence-electron chi connectivity index (χ2n) is 4.95. The molecule has 0 fully saturated rings. The zero-order valence-corrected chi connectivity index (χ0v) is 12.1. The highest BCUT2D eigenvalue weighted by Gasteiger charge is 2.17. The molecule has 0 unspecified atom stereocenters. The van der Waals surface area contributed by atoms with Gasteiger partial charge < -0.3 is 18.2 Å². The molecule has 114 valence electrons. The molecule has 0 aliphatic rings. The van der Waals surface area contributed by atoms with Crippen molar-refractivity contribution in [1.82, 2.24) is 14.7 Å². The summed E-state index contributed by atoms with van der Waals surface area (Å²) in [5.41, 5.74) is 1.76. The second-order valence-corrected chi connectivity index (χ2v) is 4.95. The lowest BCUT2D eigenvalue weighted by molar-refractivity contribution is 0.0724. The molecular formula is C16H11N3O4. The van der Waals surface area contributed by atoms with Gasteiger partial charge in [-0.3, -0.25) is 0 Å². The predicted octanol–water partition coefficient (Wildman–Crippen LogP) is 3.04. The summed E-state index contributed by atoms with van der Waals surface area (Å²) < 4.78 is 17.5. The average Bonchev–Trinajstić information content (AvgIpc) is 3.27. The van der Waals surface area contributed by atoms with Crippen LogP contribution in [0.4, 0.5) is 0 Å². The summed E-state index contributed by atoms with van der Waals surface area (Å²) in [7, 11) is 1.90.